The summed E-state index contributed by atoms with van der Waals surface area (Å²) in [4.78, 5) is 2.24. The number of hydrogen-bond donors (Lipinski definition) is 3. The van der Waals surface area contributed by atoms with Crippen LogP contribution in [0.4, 0.5) is 0 Å². The molecular weight excluding hydrogens is 326 g/mol. The molecule has 1 aliphatic heterocycles. The van der Waals surface area contributed by atoms with E-state index in [9.17, 15) is 15.3 Å². The molecule has 5 heteroatoms. The summed E-state index contributed by atoms with van der Waals surface area (Å²) in [5, 5.41) is 30.0. The van der Waals surface area contributed by atoms with Gasteiger partial charge in [0.1, 0.15) is 5.75 Å². The van der Waals surface area contributed by atoms with Crippen molar-refractivity contribution in [2.75, 3.05) is 19.6 Å². The quantitative estimate of drug-likeness (QED) is 0.587. The molecule has 1 heterocycles. The zero-order valence-corrected chi connectivity index (χ0v) is 14.0. The lowest BCUT2D eigenvalue weighted by Gasteiger charge is -2.24. The van der Waals surface area contributed by atoms with E-state index in [4.69, 9.17) is 11.6 Å². The van der Waals surface area contributed by atoms with E-state index < -0.39 is 0 Å². The molecule has 3 rings (SSSR count). The topological polar surface area (TPSA) is 63.9 Å². The SMILES string of the molecule is C=CCN1CCc2c(cc(O)c(O)c2Cl)C(c2cccc(O)c2)C1. The van der Waals surface area contributed by atoms with Crippen LogP contribution in [-0.4, -0.2) is 39.9 Å². The summed E-state index contributed by atoms with van der Waals surface area (Å²) in [5.74, 6) is -0.371. The van der Waals surface area contributed by atoms with Crippen LogP contribution in [0.5, 0.6) is 17.2 Å². The first-order chi connectivity index (χ1) is 11.5. The summed E-state index contributed by atoms with van der Waals surface area (Å²) in [5.41, 5.74) is 2.66. The Balaban J connectivity index is 2.15. The molecule has 126 valence electrons. The Labute approximate surface area is 146 Å². The van der Waals surface area contributed by atoms with Crippen molar-refractivity contribution in [3.63, 3.8) is 0 Å². The van der Waals surface area contributed by atoms with Crippen molar-refractivity contribution in [2.24, 2.45) is 0 Å². The lowest BCUT2D eigenvalue weighted by molar-refractivity contribution is 0.306. The highest BCUT2D eigenvalue weighted by molar-refractivity contribution is 6.33. The fraction of sp³-hybridized carbons (Fsp3) is 0.263. The first kappa shape index (κ1) is 16.7. The van der Waals surface area contributed by atoms with Crippen LogP contribution in [0.3, 0.4) is 0 Å². The fourth-order valence-corrected chi connectivity index (χ4v) is 3.64. The van der Waals surface area contributed by atoms with Crippen LogP contribution in [0.1, 0.15) is 22.6 Å². The van der Waals surface area contributed by atoms with Gasteiger partial charge in [-0.1, -0.05) is 29.8 Å². The minimum Gasteiger partial charge on any atom is -0.508 e. The molecule has 1 atom stereocenters. The van der Waals surface area contributed by atoms with Crippen molar-refractivity contribution in [1.29, 1.82) is 0 Å². The molecule has 2 aromatic carbocycles. The van der Waals surface area contributed by atoms with E-state index in [0.29, 0.717) is 13.0 Å². The van der Waals surface area contributed by atoms with Crippen molar-refractivity contribution in [1.82, 2.24) is 4.90 Å². The van der Waals surface area contributed by atoms with Crippen LogP contribution in [0.2, 0.25) is 5.02 Å². The van der Waals surface area contributed by atoms with Gasteiger partial charge in [0, 0.05) is 25.6 Å². The number of rotatable bonds is 3. The molecule has 0 saturated heterocycles. The molecule has 0 saturated carbocycles. The van der Waals surface area contributed by atoms with E-state index >= 15 is 0 Å². The zero-order valence-electron chi connectivity index (χ0n) is 13.2. The highest BCUT2D eigenvalue weighted by Gasteiger charge is 2.28. The van der Waals surface area contributed by atoms with Gasteiger partial charge in [-0.05, 0) is 41.3 Å². The lowest BCUT2D eigenvalue weighted by Crippen LogP contribution is -2.28. The van der Waals surface area contributed by atoms with Crippen molar-refractivity contribution in [3.05, 3.63) is 64.7 Å². The second-order valence-corrected chi connectivity index (χ2v) is 6.45. The Morgan fingerprint density at radius 2 is 2.04 bits per heavy atom. The molecule has 1 aliphatic rings. The number of hydrogen-bond acceptors (Lipinski definition) is 4. The number of fused-ring (bicyclic) bond motifs is 1. The smallest absolute Gasteiger partial charge is 0.176 e. The van der Waals surface area contributed by atoms with Crippen LogP contribution >= 0.6 is 11.6 Å². The van der Waals surface area contributed by atoms with Crippen LogP contribution in [-0.2, 0) is 6.42 Å². The lowest BCUT2D eigenvalue weighted by atomic mass is 9.87. The number of aromatic hydroxyl groups is 3. The van der Waals surface area contributed by atoms with Crippen molar-refractivity contribution in [2.45, 2.75) is 12.3 Å². The number of phenols is 3. The van der Waals surface area contributed by atoms with Gasteiger partial charge in [-0.15, -0.1) is 6.58 Å². The predicted octanol–water partition coefficient (Wildman–Crippen LogP) is 3.63. The molecule has 0 aliphatic carbocycles. The normalized spacial score (nSPS) is 18.0. The second-order valence-electron chi connectivity index (χ2n) is 6.07. The summed E-state index contributed by atoms with van der Waals surface area (Å²) < 4.78 is 0. The Bertz CT molecular complexity index is 775. The predicted molar refractivity (Wildman–Crippen MR) is 95.1 cm³/mol. The summed E-state index contributed by atoms with van der Waals surface area (Å²) in [7, 11) is 0. The minimum absolute atomic E-state index is 0.0708. The third-order valence-electron chi connectivity index (χ3n) is 4.51. The van der Waals surface area contributed by atoms with E-state index in [1.165, 1.54) is 0 Å². The van der Waals surface area contributed by atoms with Crippen molar-refractivity contribution in [3.8, 4) is 17.2 Å². The molecule has 0 bridgehead atoms. The van der Waals surface area contributed by atoms with Crippen LogP contribution in [0.25, 0.3) is 0 Å². The highest BCUT2D eigenvalue weighted by atomic mass is 35.5. The Morgan fingerprint density at radius 1 is 1.25 bits per heavy atom. The molecule has 0 radical (unpaired) electrons. The van der Waals surface area contributed by atoms with E-state index in [0.717, 1.165) is 29.8 Å². The zero-order chi connectivity index (χ0) is 17.3. The molecule has 0 amide bonds. The van der Waals surface area contributed by atoms with E-state index in [1.807, 2.05) is 12.1 Å². The number of halogens is 1. The maximum Gasteiger partial charge on any atom is 0.176 e. The van der Waals surface area contributed by atoms with Gasteiger partial charge in [-0.25, -0.2) is 0 Å². The largest absolute Gasteiger partial charge is 0.508 e. The Kier molecular flexibility index (Phi) is 4.69. The van der Waals surface area contributed by atoms with Gasteiger partial charge >= 0.3 is 0 Å². The van der Waals surface area contributed by atoms with E-state index in [2.05, 4.69) is 11.5 Å². The Morgan fingerprint density at radius 3 is 2.75 bits per heavy atom. The van der Waals surface area contributed by atoms with Crippen LogP contribution in [0, 0.1) is 0 Å². The standard InChI is InChI=1S/C19H20ClNO3/c1-2-7-21-8-6-14-15(10-17(23)19(24)18(14)20)16(11-21)12-4-3-5-13(22)9-12/h2-5,9-10,16,22-24H,1,6-8,11H2. The number of nitrogens with zero attached hydrogens (tertiary/aromatic N) is 1. The van der Waals surface area contributed by atoms with Gasteiger partial charge in [0.2, 0.25) is 0 Å². The van der Waals surface area contributed by atoms with Gasteiger partial charge in [0.05, 0.1) is 5.02 Å². The van der Waals surface area contributed by atoms with E-state index in [-0.39, 0.29) is 28.2 Å². The first-order valence-electron chi connectivity index (χ1n) is 7.86. The monoisotopic (exact) mass is 345 g/mol. The fourth-order valence-electron chi connectivity index (χ4n) is 3.34. The van der Waals surface area contributed by atoms with Crippen molar-refractivity contribution < 1.29 is 15.3 Å². The molecule has 24 heavy (non-hydrogen) atoms. The molecular formula is C19H20ClNO3. The van der Waals surface area contributed by atoms with Gasteiger partial charge < -0.3 is 15.3 Å². The average molecular weight is 346 g/mol. The maximum atomic E-state index is 10.0. The van der Waals surface area contributed by atoms with E-state index in [1.54, 1.807) is 24.3 Å². The maximum absolute atomic E-state index is 10.0. The number of benzene rings is 2. The summed E-state index contributed by atoms with van der Waals surface area (Å²) in [6.07, 6.45) is 2.53. The van der Waals surface area contributed by atoms with Gasteiger partial charge in [0.25, 0.3) is 0 Å². The van der Waals surface area contributed by atoms with Crippen LogP contribution < -0.4 is 0 Å². The first-order valence-corrected chi connectivity index (χ1v) is 8.24. The average Bonchev–Trinajstić information content (AvgIpc) is 2.73. The van der Waals surface area contributed by atoms with Crippen molar-refractivity contribution >= 4 is 11.6 Å². The molecule has 3 N–H and O–H groups in total. The summed E-state index contributed by atoms with van der Waals surface area (Å²) in [6, 6.07) is 8.69. The third-order valence-corrected chi connectivity index (χ3v) is 4.92. The van der Waals surface area contributed by atoms with Crippen LogP contribution in [0.15, 0.2) is 43.0 Å². The van der Waals surface area contributed by atoms with Gasteiger partial charge in [-0.2, -0.15) is 0 Å². The number of phenolic OH excluding ortho intramolecular Hbond substituents is 3. The highest BCUT2D eigenvalue weighted by Crippen LogP contribution is 2.43. The van der Waals surface area contributed by atoms with Gasteiger partial charge in [-0.3, -0.25) is 4.90 Å². The molecule has 0 fully saturated rings. The minimum atomic E-state index is -0.276. The third kappa shape index (κ3) is 3.07. The molecule has 4 nitrogen and oxygen atoms in total. The molecule has 2 aromatic rings. The van der Waals surface area contributed by atoms with Gasteiger partial charge in [0.15, 0.2) is 11.5 Å². The second kappa shape index (κ2) is 6.75. The Hall–Kier alpha value is -2.17. The summed E-state index contributed by atoms with van der Waals surface area (Å²) >= 11 is 6.30. The molecule has 0 aromatic heterocycles. The molecule has 0 spiro atoms. The molecule has 1 unspecified atom stereocenters. The summed E-state index contributed by atoms with van der Waals surface area (Å²) in [6.45, 7) is 6.03.